The van der Waals surface area contributed by atoms with Crippen LogP contribution in [0.3, 0.4) is 0 Å². The number of benzene rings is 2. The second-order valence-corrected chi connectivity index (χ2v) is 9.62. The maximum Gasteiger partial charge on any atom is 0.148 e. The van der Waals surface area contributed by atoms with Crippen molar-refractivity contribution in [3.8, 4) is 21.1 Å². The Hall–Kier alpha value is -2.24. The molecule has 1 aliphatic carbocycles. The molecule has 1 saturated carbocycles. The lowest BCUT2D eigenvalue weighted by molar-refractivity contribution is 0.148. The highest BCUT2D eigenvalue weighted by molar-refractivity contribution is 7.17. The Balaban J connectivity index is 1.22. The summed E-state index contributed by atoms with van der Waals surface area (Å²) in [7, 11) is 0. The van der Waals surface area contributed by atoms with Crippen LogP contribution in [0.25, 0.3) is 21.1 Å². The minimum absolute atomic E-state index is 0.836. The standard InChI is InChI=1S/C25H30N4S/c1-19-7-9-20(10-8-19)24-26-27-25(30-24)21-11-13-23(14-12-21)29-17-15-28(16-18-29)22-5-3-2-4-6-22/h7-14,22H,2-6,15-18H2,1H3. The Labute approximate surface area is 183 Å². The fourth-order valence-corrected chi connectivity index (χ4v) is 5.61. The van der Waals surface area contributed by atoms with Crippen LogP contribution in [0, 0.1) is 6.92 Å². The molecule has 4 nitrogen and oxygen atoms in total. The first-order chi connectivity index (χ1) is 14.8. The lowest BCUT2D eigenvalue weighted by Crippen LogP contribution is -2.50. The van der Waals surface area contributed by atoms with E-state index in [9.17, 15) is 0 Å². The second kappa shape index (κ2) is 8.86. The molecule has 5 heteroatoms. The van der Waals surface area contributed by atoms with Crippen LogP contribution >= 0.6 is 11.3 Å². The van der Waals surface area contributed by atoms with Crippen molar-refractivity contribution < 1.29 is 0 Å². The van der Waals surface area contributed by atoms with Gasteiger partial charge >= 0.3 is 0 Å². The number of aryl methyl sites for hydroxylation is 1. The van der Waals surface area contributed by atoms with Crippen LogP contribution in [-0.2, 0) is 0 Å². The van der Waals surface area contributed by atoms with Crippen molar-refractivity contribution in [2.24, 2.45) is 0 Å². The maximum atomic E-state index is 4.44. The predicted octanol–water partition coefficient (Wildman–Crippen LogP) is 5.64. The van der Waals surface area contributed by atoms with Gasteiger partial charge in [0.2, 0.25) is 0 Å². The SMILES string of the molecule is Cc1ccc(-c2nnc(-c3ccc(N4CCN(C5CCCCC5)CC4)cc3)s2)cc1. The summed E-state index contributed by atoms with van der Waals surface area (Å²) in [5.41, 5.74) is 4.87. The molecular weight excluding hydrogens is 388 g/mol. The van der Waals surface area contributed by atoms with Gasteiger partial charge in [-0.2, -0.15) is 0 Å². The first kappa shape index (κ1) is 19.7. The van der Waals surface area contributed by atoms with Gasteiger partial charge in [0.15, 0.2) is 0 Å². The third kappa shape index (κ3) is 4.28. The van der Waals surface area contributed by atoms with Crippen LogP contribution in [-0.4, -0.2) is 47.3 Å². The van der Waals surface area contributed by atoms with Crippen molar-refractivity contribution in [3.63, 3.8) is 0 Å². The normalized spacial score (nSPS) is 18.6. The van der Waals surface area contributed by atoms with Crippen molar-refractivity contribution in [1.29, 1.82) is 0 Å². The van der Waals surface area contributed by atoms with E-state index in [1.54, 1.807) is 11.3 Å². The van der Waals surface area contributed by atoms with Gasteiger partial charge in [-0.05, 0) is 44.0 Å². The Morgan fingerprint density at radius 3 is 1.90 bits per heavy atom. The first-order valence-corrected chi connectivity index (χ1v) is 12.1. The van der Waals surface area contributed by atoms with E-state index in [1.807, 2.05) is 0 Å². The molecule has 0 radical (unpaired) electrons. The molecule has 156 valence electrons. The summed E-state index contributed by atoms with van der Waals surface area (Å²) in [5, 5.41) is 10.8. The number of anilines is 1. The summed E-state index contributed by atoms with van der Waals surface area (Å²) in [6.45, 7) is 6.76. The minimum atomic E-state index is 0.836. The molecule has 0 atom stereocenters. The van der Waals surface area contributed by atoms with E-state index < -0.39 is 0 Å². The highest BCUT2D eigenvalue weighted by Gasteiger charge is 2.25. The van der Waals surface area contributed by atoms with Crippen molar-refractivity contribution >= 4 is 17.0 Å². The first-order valence-electron chi connectivity index (χ1n) is 11.3. The molecule has 5 rings (SSSR count). The summed E-state index contributed by atoms with van der Waals surface area (Å²) in [4.78, 5) is 5.26. The third-order valence-electron chi connectivity index (χ3n) is 6.61. The van der Waals surface area contributed by atoms with Crippen LogP contribution < -0.4 is 4.90 Å². The van der Waals surface area contributed by atoms with Crippen LogP contribution in [0.4, 0.5) is 5.69 Å². The average Bonchev–Trinajstić information content (AvgIpc) is 3.31. The molecule has 1 aromatic heterocycles. The van der Waals surface area contributed by atoms with Crippen LogP contribution in [0.1, 0.15) is 37.7 Å². The summed E-state index contributed by atoms with van der Waals surface area (Å²) in [6.07, 6.45) is 7.08. The van der Waals surface area contributed by atoms with E-state index >= 15 is 0 Å². The molecule has 0 N–H and O–H groups in total. The van der Waals surface area contributed by atoms with E-state index in [0.29, 0.717) is 0 Å². The zero-order valence-electron chi connectivity index (χ0n) is 17.8. The van der Waals surface area contributed by atoms with E-state index in [1.165, 1.54) is 56.4 Å². The van der Waals surface area contributed by atoms with Crippen molar-refractivity contribution in [3.05, 3.63) is 54.1 Å². The van der Waals surface area contributed by atoms with Crippen LogP contribution in [0.15, 0.2) is 48.5 Å². The smallest absolute Gasteiger partial charge is 0.148 e. The van der Waals surface area contributed by atoms with Crippen molar-refractivity contribution in [1.82, 2.24) is 15.1 Å². The van der Waals surface area contributed by atoms with E-state index in [-0.39, 0.29) is 0 Å². The van der Waals surface area contributed by atoms with Gasteiger partial charge in [-0.1, -0.05) is 60.4 Å². The Bertz CT molecular complexity index is 950. The van der Waals surface area contributed by atoms with Crippen molar-refractivity contribution in [2.75, 3.05) is 31.1 Å². The van der Waals surface area contributed by atoms with Gasteiger partial charge in [0.1, 0.15) is 10.0 Å². The van der Waals surface area contributed by atoms with Gasteiger partial charge < -0.3 is 4.90 Å². The van der Waals surface area contributed by atoms with Gasteiger partial charge in [-0.25, -0.2) is 0 Å². The summed E-state index contributed by atoms with van der Waals surface area (Å²) in [6, 6.07) is 18.2. The third-order valence-corrected chi connectivity index (χ3v) is 7.63. The highest BCUT2D eigenvalue weighted by Crippen LogP contribution is 2.31. The molecule has 3 aromatic rings. The topological polar surface area (TPSA) is 32.3 Å². The average molecular weight is 419 g/mol. The Kier molecular flexibility index (Phi) is 5.82. The van der Waals surface area contributed by atoms with Crippen molar-refractivity contribution in [2.45, 2.75) is 45.1 Å². The lowest BCUT2D eigenvalue weighted by atomic mass is 9.94. The van der Waals surface area contributed by atoms with Gasteiger partial charge in [-0.15, -0.1) is 10.2 Å². The zero-order valence-corrected chi connectivity index (χ0v) is 18.6. The summed E-state index contributed by atoms with van der Waals surface area (Å²) >= 11 is 1.66. The van der Waals surface area contributed by atoms with Gasteiger partial charge in [0.25, 0.3) is 0 Å². The second-order valence-electron chi connectivity index (χ2n) is 8.64. The number of aromatic nitrogens is 2. The molecule has 1 saturated heterocycles. The number of hydrogen-bond acceptors (Lipinski definition) is 5. The fraction of sp³-hybridized carbons (Fsp3) is 0.440. The minimum Gasteiger partial charge on any atom is -0.369 e. The summed E-state index contributed by atoms with van der Waals surface area (Å²) in [5.74, 6) is 0. The molecule has 0 spiro atoms. The predicted molar refractivity (Wildman–Crippen MR) is 126 cm³/mol. The van der Waals surface area contributed by atoms with Crippen LogP contribution in [0.5, 0.6) is 0 Å². The van der Waals surface area contributed by atoms with Gasteiger partial charge in [-0.3, -0.25) is 4.90 Å². The fourth-order valence-electron chi connectivity index (χ4n) is 4.76. The lowest BCUT2D eigenvalue weighted by Gasteiger charge is -2.41. The number of nitrogens with zero attached hydrogens (tertiary/aromatic N) is 4. The number of hydrogen-bond donors (Lipinski definition) is 0. The Morgan fingerprint density at radius 1 is 0.733 bits per heavy atom. The van der Waals surface area contributed by atoms with Crippen LogP contribution in [0.2, 0.25) is 0 Å². The van der Waals surface area contributed by atoms with Gasteiger partial charge in [0.05, 0.1) is 0 Å². The molecule has 0 unspecified atom stereocenters. The molecule has 0 bridgehead atoms. The maximum absolute atomic E-state index is 4.44. The molecule has 0 amide bonds. The monoisotopic (exact) mass is 418 g/mol. The molecule has 1 aliphatic heterocycles. The zero-order chi connectivity index (χ0) is 20.3. The largest absolute Gasteiger partial charge is 0.369 e. The molecular formula is C25H30N4S. The molecule has 2 heterocycles. The van der Waals surface area contributed by atoms with E-state index in [2.05, 4.69) is 75.5 Å². The number of piperazine rings is 1. The quantitative estimate of drug-likeness (QED) is 0.549. The Morgan fingerprint density at radius 2 is 1.30 bits per heavy atom. The molecule has 2 aromatic carbocycles. The highest BCUT2D eigenvalue weighted by atomic mass is 32.1. The molecule has 30 heavy (non-hydrogen) atoms. The van der Waals surface area contributed by atoms with Gasteiger partial charge in [0, 0.05) is 49.0 Å². The van der Waals surface area contributed by atoms with E-state index in [4.69, 9.17) is 0 Å². The molecule has 2 fully saturated rings. The number of rotatable bonds is 4. The molecule has 2 aliphatic rings. The van der Waals surface area contributed by atoms with E-state index in [0.717, 1.165) is 40.3 Å². The summed E-state index contributed by atoms with van der Waals surface area (Å²) < 4.78 is 0.